The third-order valence-electron chi connectivity index (χ3n) is 5.40. The molecule has 2 aliphatic carbocycles. The molecule has 2 saturated carbocycles. The van der Waals surface area contributed by atoms with Crippen molar-refractivity contribution in [3.8, 4) is 6.07 Å². The third-order valence-corrected chi connectivity index (χ3v) is 8.01. The molecule has 2 fully saturated rings. The number of hydrogen-bond donors (Lipinski definition) is 1. The lowest BCUT2D eigenvalue weighted by Gasteiger charge is -2.18. The van der Waals surface area contributed by atoms with Crippen molar-refractivity contribution in [3.63, 3.8) is 0 Å². The number of hydrogen-bond acceptors (Lipinski definition) is 5. The summed E-state index contributed by atoms with van der Waals surface area (Å²) in [5, 5.41) is 11.3. The van der Waals surface area contributed by atoms with E-state index in [4.69, 9.17) is 5.26 Å². The molecule has 1 aromatic rings. The van der Waals surface area contributed by atoms with E-state index in [1.165, 1.54) is 0 Å². The van der Waals surface area contributed by atoms with Crippen molar-refractivity contribution in [3.05, 3.63) is 24.3 Å². The summed E-state index contributed by atoms with van der Waals surface area (Å²) >= 11 is 1.57. The van der Waals surface area contributed by atoms with E-state index in [0.717, 1.165) is 30.6 Å². The van der Waals surface area contributed by atoms with E-state index in [-0.39, 0.29) is 35.5 Å². The molecule has 3 rings (SSSR count). The van der Waals surface area contributed by atoms with Crippen LogP contribution in [0.2, 0.25) is 0 Å². The molecule has 2 atom stereocenters. The van der Waals surface area contributed by atoms with Crippen LogP contribution < -0.4 is 5.32 Å². The number of sulfone groups is 1. The van der Waals surface area contributed by atoms with Gasteiger partial charge in [0.1, 0.15) is 6.54 Å². The van der Waals surface area contributed by atoms with Gasteiger partial charge in [0, 0.05) is 10.8 Å². The molecular formula is C18H22N2O3S2. The Morgan fingerprint density at radius 2 is 2.00 bits per heavy atom. The minimum Gasteiger partial charge on any atom is -0.343 e. The highest BCUT2D eigenvalue weighted by Gasteiger charge is 2.55. The van der Waals surface area contributed by atoms with Gasteiger partial charge < -0.3 is 5.32 Å². The zero-order chi connectivity index (χ0) is 18.1. The van der Waals surface area contributed by atoms with Gasteiger partial charge in [0.05, 0.1) is 16.7 Å². The first-order chi connectivity index (χ1) is 11.9. The lowest BCUT2D eigenvalue weighted by molar-refractivity contribution is -0.125. The Kier molecular flexibility index (Phi) is 5.12. The first kappa shape index (κ1) is 18.3. The topological polar surface area (TPSA) is 87.0 Å². The molecule has 25 heavy (non-hydrogen) atoms. The van der Waals surface area contributed by atoms with Gasteiger partial charge in [-0.3, -0.25) is 4.79 Å². The number of carbonyl (C=O) groups is 1. The molecule has 1 spiro atoms. The molecule has 1 amide bonds. The van der Waals surface area contributed by atoms with Crippen molar-refractivity contribution in [2.45, 2.75) is 35.5 Å². The maximum atomic E-state index is 12.8. The molecule has 0 aliphatic heterocycles. The first-order valence-electron chi connectivity index (χ1n) is 8.41. The normalized spacial score (nSPS) is 24.0. The Hall–Kier alpha value is -1.52. The molecule has 5 nitrogen and oxygen atoms in total. The highest BCUT2D eigenvalue weighted by atomic mass is 32.2. The van der Waals surface area contributed by atoms with Crippen LogP contribution in [0.4, 0.5) is 0 Å². The summed E-state index contributed by atoms with van der Waals surface area (Å²) in [4.78, 5) is 13.7. The number of nitrogens with zero attached hydrogens (tertiary/aromatic N) is 1. The molecule has 0 aromatic heterocycles. The van der Waals surface area contributed by atoms with Crippen LogP contribution in [0, 0.1) is 28.6 Å². The average molecular weight is 379 g/mol. The number of nitrogens with one attached hydrogen (secondary N) is 1. The molecule has 2 aliphatic rings. The number of benzene rings is 1. The van der Waals surface area contributed by atoms with Crippen LogP contribution in [0.5, 0.6) is 0 Å². The van der Waals surface area contributed by atoms with Gasteiger partial charge >= 0.3 is 0 Å². The molecule has 7 heteroatoms. The Labute approximate surface area is 153 Å². The maximum absolute atomic E-state index is 12.8. The van der Waals surface area contributed by atoms with E-state index in [2.05, 4.69) is 5.32 Å². The smallest absolute Gasteiger partial charge is 0.224 e. The molecule has 0 heterocycles. The van der Waals surface area contributed by atoms with Crippen molar-refractivity contribution < 1.29 is 13.2 Å². The molecule has 0 saturated heterocycles. The van der Waals surface area contributed by atoms with Crippen LogP contribution in [-0.2, 0) is 14.6 Å². The van der Waals surface area contributed by atoms with E-state index in [9.17, 15) is 13.2 Å². The monoisotopic (exact) mass is 378 g/mol. The lowest BCUT2D eigenvalue weighted by Crippen LogP contribution is -2.35. The van der Waals surface area contributed by atoms with E-state index < -0.39 is 9.84 Å². The summed E-state index contributed by atoms with van der Waals surface area (Å²) in [7, 11) is -3.43. The van der Waals surface area contributed by atoms with Crippen molar-refractivity contribution in [2.75, 3.05) is 18.6 Å². The number of carbonyl (C=O) groups excluding carboxylic acids is 1. The summed E-state index contributed by atoms with van der Waals surface area (Å²) in [5.74, 6) is -0.663. The molecule has 2 unspecified atom stereocenters. The molecular weight excluding hydrogens is 356 g/mol. The molecule has 134 valence electrons. The fourth-order valence-electron chi connectivity index (χ4n) is 3.90. The largest absolute Gasteiger partial charge is 0.343 e. The maximum Gasteiger partial charge on any atom is 0.224 e. The first-order valence-corrected chi connectivity index (χ1v) is 11.3. The van der Waals surface area contributed by atoms with Gasteiger partial charge in [-0.15, -0.1) is 11.8 Å². The second-order valence-electron chi connectivity index (χ2n) is 7.11. The summed E-state index contributed by atoms with van der Waals surface area (Å²) in [6.45, 7) is -0.0298. The summed E-state index contributed by atoms with van der Waals surface area (Å²) < 4.78 is 25.6. The van der Waals surface area contributed by atoms with Gasteiger partial charge in [-0.2, -0.15) is 5.26 Å². The zero-order valence-corrected chi connectivity index (χ0v) is 15.8. The second-order valence-corrected chi connectivity index (χ2v) is 10.0. The van der Waals surface area contributed by atoms with E-state index in [1.54, 1.807) is 23.9 Å². The van der Waals surface area contributed by atoms with Gasteiger partial charge in [-0.1, -0.05) is 0 Å². The summed E-state index contributed by atoms with van der Waals surface area (Å²) in [6.07, 6.45) is 5.64. The van der Waals surface area contributed by atoms with Crippen LogP contribution >= 0.6 is 11.8 Å². The van der Waals surface area contributed by atoms with Gasteiger partial charge in [0.25, 0.3) is 0 Å². The molecule has 1 N–H and O–H groups in total. The zero-order valence-electron chi connectivity index (χ0n) is 14.2. The van der Waals surface area contributed by atoms with Crippen molar-refractivity contribution >= 4 is 27.5 Å². The second kappa shape index (κ2) is 7.00. The molecule has 1 aromatic carbocycles. The van der Waals surface area contributed by atoms with Gasteiger partial charge in [0.15, 0.2) is 9.84 Å². The lowest BCUT2D eigenvalue weighted by atomic mass is 9.97. The van der Waals surface area contributed by atoms with E-state index >= 15 is 0 Å². The van der Waals surface area contributed by atoms with Crippen LogP contribution in [0.25, 0.3) is 0 Å². The quantitative estimate of drug-likeness (QED) is 0.607. The van der Waals surface area contributed by atoms with Crippen molar-refractivity contribution in [1.82, 2.24) is 5.32 Å². The third kappa shape index (κ3) is 4.01. The predicted octanol–water partition coefficient (Wildman–Crippen LogP) is 2.63. The van der Waals surface area contributed by atoms with Crippen LogP contribution in [0.1, 0.15) is 25.7 Å². The number of nitriles is 1. The highest BCUT2D eigenvalue weighted by molar-refractivity contribution is 7.98. The summed E-state index contributed by atoms with van der Waals surface area (Å²) in [6, 6.07) is 8.82. The van der Waals surface area contributed by atoms with Crippen molar-refractivity contribution in [1.29, 1.82) is 5.26 Å². The van der Waals surface area contributed by atoms with Gasteiger partial charge in [-0.25, -0.2) is 8.42 Å². The van der Waals surface area contributed by atoms with Crippen LogP contribution in [-0.4, -0.2) is 32.9 Å². The van der Waals surface area contributed by atoms with E-state index in [0.29, 0.717) is 4.90 Å². The van der Waals surface area contributed by atoms with Gasteiger partial charge in [0.2, 0.25) is 5.91 Å². The SMILES string of the molecule is CSc1ccc(S(=O)(=O)CC2CC3(CC3)CC2C(=O)NCC#N)cc1. The predicted molar refractivity (Wildman–Crippen MR) is 96.8 cm³/mol. The van der Waals surface area contributed by atoms with Crippen molar-refractivity contribution in [2.24, 2.45) is 17.3 Å². The Balaban J connectivity index is 1.76. The Morgan fingerprint density at radius 3 is 2.56 bits per heavy atom. The average Bonchev–Trinajstić information content (AvgIpc) is 3.26. The minimum absolute atomic E-state index is 0.00198. The standard InChI is InChI=1S/C18H22N2O3S2/c1-24-14-2-4-15(5-3-14)25(22,23)12-13-10-18(6-7-18)11-16(13)17(21)20-9-8-19/h2-5,13,16H,6-7,9-12H2,1H3,(H,20,21). The summed E-state index contributed by atoms with van der Waals surface area (Å²) in [5.41, 5.74) is 0.164. The van der Waals surface area contributed by atoms with E-state index in [1.807, 2.05) is 24.5 Å². The minimum atomic E-state index is -3.43. The van der Waals surface area contributed by atoms with Gasteiger partial charge in [-0.05, 0) is 67.5 Å². The molecule has 0 radical (unpaired) electrons. The Morgan fingerprint density at radius 1 is 1.32 bits per heavy atom. The highest BCUT2D eigenvalue weighted by Crippen LogP contribution is 2.61. The number of rotatable bonds is 6. The number of thioether (sulfide) groups is 1. The van der Waals surface area contributed by atoms with Crippen LogP contribution in [0.3, 0.4) is 0 Å². The Bertz CT molecular complexity index is 793. The fourth-order valence-corrected chi connectivity index (χ4v) is 5.97. The fraction of sp³-hybridized carbons (Fsp3) is 0.556. The molecule has 0 bridgehead atoms. The number of amides is 1. The van der Waals surface area contributed by atoms with Crippen LogP contribution in [0.15, 0.2) is 34.1 Å².